The molecule has 2 rings (SSSR count). The molecule has 3 nitrogen and oxygen atoms in total. The van der Waals surface area contributed by atoms with Crippen molar-refractivity contribution in [3.8, 4) is 11.8 Å². The third-order valence-electron chi connectivity index (χ3n) is 2.74. The molecule has 0 saturated heterocycles. The number of hydrogen-bond donors (Lipinski definition) is 0. The van der Waals surface area contributed by atoms with Crippen molar-refractivity contribution < 1.29 is 9.53 Å². The van der Waals surface area contributed by atoms with E-state index in [-0.39, 0.29) is 12.4 Å². The zero-order chi connectivity index (χ0) is 15.1. The second-order valence-electron chi connectivity index (χ2n) is 4.22. The lowest BCUT2D eigenvalue weighted by Crippen LogP contribution is -1.94. The molecule has 104 valence electrons. The van der Waals surface area contributed by atoms with Gasteiger partial charge in [-0.2, -0.15) is 5.26 Å². The number of hydrogen-bond acceptors (Lipinski definition) is 3. The Bertz CT molecular complexity index is 682. The number of allylic oxidation sites excluding steroid dienone is 1. The van der Waals surface area contributed by atoms with Gasteiger partial charge in [0.15, 0.2) is 12.4 Å². The summed E-state index contributed by atoms with van der Waals surface area (Å²) in [7, 11) is 0. The standard InChI is InChI=1S/C17H12ClNO2/c18-15-6-4-14(5-7-15)17(20)10-3-13-1-8-16(9-2-13)21-12-11-19/h1-10H,12H2. The number of carbonyl (C=O) groups excluding carboxylic acids is 1. The third-order valence-corrected chi connectivity index (χ3v) is 2.99. The second-order valence-corrected chi connectivity index (χ2v) is 4.66. The Labute approximate surface area is 128 Å². The Hall–Kier alpha value is -2.57. The molecule has 0 aliphatic heterocycles. The summed E-state index contributed by atoms with van der Waals surface area (Å²) in [6.07, 6.45) is 3.24. The second kappa shape index (κ2) is 7.28. The highest BCUT2D eigenvalue weighted by Gasteiger charge is 2.01. The average Bonchev–Trinajstić information content (AvgIpc) is 2.52. The van der Waals surface area contributed by atoms with Gasteiger partial charge in [-0.05, 0) is 48.0 Å². The topological polar surface area (TPSA) is 50.1 Å². The van der Waals surface area contributed by atoms with Crippen molar-refractivity contribution in [1.29, 1.82) is 5.26 Å². The molecule has 0 unspecified atom stereocenters. The van der Waals surface area contributed by atoms with Gasteiger partial charge in [0, 0.05) is 10.6 Å². The largest absolute Gasteiger partial charge is 0.479 e. The highest BCUT2D eigenvalue weighted by Crippen LogP contribution is 2.14. The molecule has 0 amide bonds. The summed E-state index contributed by atoms with van der Waals surface area (Å²) in [5.74, 6) is 0.536. The van der Waals surface area contributed by atoms with Crippen LogP contribution in [-0.2, 0) is 0 Å². The Morgan fingerprint density at radius 3 is 2.43 bits per heavy atom. The molecule has 0 N–H and O–H groups in total. The first-order valence-electron chi connectivity index (χ1n) is 6.27. The molecule has 0 fully saturated rings. The minimum atomic E-state index is -0.0866. The van der Waals surface area contributed by atoms with Gasteiger partial charge in [-0.1, -0.05) is 29.8 Å². The Kier molecular flexibility index (Phi) is 5.14. The smallest absolute Gasteiger partial charge is 0.185 e. The normalized spacial score (nSPS) is 10.3. The molecular formula is C17H12ClNO2. The van der Waals surface area contributed by atoms with Crippen LogP contribution in [0.3, 0.4) is 0 Å². The van der Waals surface area contributed by atoms with E-state index in [9.17, 15) is 4.79 Å². The van der Waals surface area contributed by atoms with E-state index in [0.29, 0.717) is 16.3 Å². The van der Waals surface area contributed by atoms with Gasteiger partial charge in [0.2, 0.25) is 0 Å². The summed E-state index contributed by atoms with van der Waals surface area (Å²) in [6.45, 7) is 0.0181. The van der Waals surface area contributed by atoms with Crippen molar-refractivity contribution in [2.75, 3.05) is 6.61 Å². The van der Waals surface area contributed by atoms with Crippen LogP contribution in [0.1, 0.15) is 15.9 Å². The maximum atomic E-state index is 11.9. The van der Waals surface area contributed by atoms with Crippen molar-refractivity contribution in [2.45, 2.75) is 0 Å². The molecule has 0 atom stereocenters. The molecule has 4 heteroatoms. The van der Waals surface area contributed by atoms with Crippen LogP contribution < -0.4 is 4.74 Å². The fraction of sp³-hybridized carbons (Fsp3) is 0.0588. The minimum absolute atomic E-state index is 0.0181. The molecule has 0 spiro atoms. The van der Waals surface area contributed by atoms with Crippen LogP contribution >= 0.6 is 11.6 Å². The summed E-state index contributed by atoms with van der Waals surface area (Å²) >= 11 is 5.78. The molecule has 0 aromatic heterocycles. The highest BCUT2D eigenvalue weighted by atomic mass is 35.5. The first kappa shape index (κ1) is 14.8. The van der Waals surface area contributed by atoms with E-state index in [1.807, 2.05) is 18.2 Å². The van der Waals surface area contributed by atoms with Crippen LogP contribution in [0.15, 0.2) is 54.6 Å². The molecule has 0 saturated carbocycles. The van der Waals surface area contributed by atoms with E-state index < -0.39 is 0 Å². The van der Waals surface area contributed by atoms with E-state index in [1.165, 1.54) is 6.08 Å². The average molecular weight is 298 g/mol. The van der Waals surface area contributed by atoms with E-state index in [0.717, 1.165) is 5.56 Å². The Morgan fingerprint density at radius 2 is 1.81 bits per heavy atom. The van der Waals surface area contributed by atoms with Crippen LogP contribution in [0.4, 0.5) is 0 Å². The van der Waals surface area contributed by atoms with Crippen molar-refractivity contribution in [3.63, 3.8) is 0 Å². The first-order valence-corrected chi connectivity index (χ1v) is 6.64. The molecule has 2 aromatic rings. The van der Waals surface area contributed by atoms with Crippen molar-refractivity contribution in [1.82, 2.24) is 0 Å². The minimum Gasteiger partial charge on any atom is -0.479 e. The van der Waals surface area contributed by atoms with Gasteiger partial charge in [-0.3, -0.25) is 4.79 Å². The summed E-state index contributed by atoms with van der Waals surface area (Å²) in [4.78, 5) is 11.9. The van der Waals surface area contributed by atoms with Crippen molar-refractivity contribution in [2.24, 2.45) is 0 Å². The maximum Gasteiger partial charge on any atom is 0.185 e. The molecule has 0 bridgehead atoms. The number of ether oxygens (including phenoxy) is 1. The van der Waals surface area contributed by atoms with Crippen LogP contribution in [0.2, 0.25) is 5.02 Å². The fourth-order valence-electron chi connectivity index (χ4n) is 1.67. The number of nitrogens with zero attached hydrogens (tertiary/aromatic N) is 1. The van der Waals surface area contributed by atoms with E-state index in [4.69, 9.17) is 21.6 Å². The van der Waals surface area contributed by atoms with Gasteiger partial charge in [0.25, 0.3) is 0 Å². The summed E-state index contributed by atoms with van der Waals surface area (Å²) in [5, 5.41) is 9.02. The summed E-state index contributed by atoms with van der Waals surface area (Å²) in [6, 6.07) is 15.8. The molecular weight excluding hydrogens is 286 g/mol. The van der Waals surface area contributed by atoms with Crippen molar-refractivity contribution >= 4 is 23.5 Å². The van der Waals surface area contributed by atoms with Crippen LogP contribution in [0, 0.1) is 11.3 Å². The summed E-state index contributed by atoms with van der Waals surface area (Å²) in [5.41, 5.74) is 1.46. The zero-order valence-electron chi connectivity index (χ0n) is 11.1. The number of halogens is 1. The van der Waals surface area contributed by atoms with Gasteiger partial charge in [-0.15, -0.1) is 0 Å². The predicted octanol–water partition coefficient (Wildman–Crippen LogP) is 4.14. The number of nitriles is 1. The molecule has 0 radical (unpaired) electrons. The number of ketones is 1. The zero-order valence-corrected chi connectivity index (χ0v) is 11.9. The van der Waals surface area contributed by atoms with Gasteiger partial charge in [0.1, 0.15) is 11.8 Å². The number of benzene rings is 2. The fourth-order valence-corrected chi connectivity index (χ4v) is 1.80. The Morgan fingerprint density at radius 1 is 1.14 bits per heavy atom. The van der Waals surface area contributed by atoms with Crippen LogP contribution in [0.5, 0.6) is 5.75 Å². The quantitative estimate of drug-likeness (QED) is 0.615. The predicted molar refractivity (Wildman–Crippen MR) is 82.4 cm³/mol. The molecule has 2 aromatic carbocycles. The molecule has 0 aliphatic rings. The van der Waals surface area contributed by atoms with E-state index >= 15 is 0 Å². The monoisotopic (exact) mass is 297 g/mol. The van der Waals surface area contributed by atoms with Gasteiger partial charge >= 0.3 is 0 Å². The number of rotatable bonds is 5. The van der Waals surface area contributed by atoms with Crippen LogP contribution in [0.25, 0.3) is 6.08 Å². The molecule has 0 aliphatic carbocycles. The van der Waals surface area contributed by atoms with Gasteiger partial charge in [-0.25, -0.2) is 0 Å². The van der Waals surface area contributed by atoms with E-state index in [2.05, 4.69) is 0 Å². The highest BCUT2D eigenvalue weighted by molar-refractivity contribution is 6.30. The van der Waals surface area contributed by atoms with Crippen LogP contribution in [-0.4, -0.2) is 12.4 Å². The lowest BCUT2D eigenvalue weighted by molar-refractivity contribution is 0.104. The Balaban J connectivity index is 2.02. The summed E-state index contributed by atoms with van der Waals surface area (Å²) < 4.78 is 5.15. The lowest BCUT2D eigenvalue weighted by atomic mass is 10.1. The van der Waals surface area contributed by atoms with Gasteiger partial charge < -0.3 is 4.74 Å². The SMILES string of the molecule is N#CCOc1ccc(C=CC(=O)c2ccc(Cl)cc2)cc1. The van der Waals surface area contributed by atoms with E-state index in [1.54, 1.807) is 42.5 Å². The van der Waals surface area contributed by atoms with Crippen molar-refractivity contribution in [3.05, 3.63) is 70.8 Å². The maximum absolute atomic E-state index is 11.9. The lowest BCUT2D eigenvalue weighted by Gasteiger charge is -2.01. The third kappa shape index (κ3) is 4.48. The molecule has 0 heterocycles. The first-order chi connectivity index (χ1) is 10.2. The molecule has 21 heavy (non-hydrogen) atoms. The van der Waals surface area contributed by atoms with Gasteiger partial charge in [0.05, 0.1) is 0 Å². The number of carbonyl (C=O) groups is 1.